The summed E-state index contributed by atoms with van der Waals surface area (Å²) in [6, 6.07) is 6.44. The predicted molar refractivity (Wildman–Crippen MR) is 89.4 cm³/mol. The molecule has 1 unspecified atom stereocenters. The first-order chi connectivity index (χ1) is 10.7. The summed E-state index contributed by atoms with van der Waals surface area (Å²) in [6.45, 7) is 4.43. The van der Waals surface area contributed by atoms with Crippen molar-refractivity contribution < 1.29 is 4.39 Å². The molecule has 0 radical (unpaired) electrons. The minimum absolute atomic E-state index is 0.303. The molecule has 1 heterocycles. The van der Waals surface area contributed by atoms with Gasteiger partial charge in [-0.05, 0) is 24.6 Å². The third kappa shape index (κ3) is 4.14. The van der Waals surface area contributed by atoms with Crippen molar-refractivity contribution in [3.63, 3.8) is 0 Å². The molecule has 2 rings (SSSR count). The van der Waals surface area contributed by atoms with Crippen molar-refractivity contribution in [2.75, 3.05) is 25.9 Å². The van der Waals surface area contributed by atoms with Gasteiger partial charge in [0, 0.05) is 43.2 Å². The van der Waals surface area contributed by atoms with Crippen LogP contribution in [0.15, 0.2) is 23.2 Å². The first-order valence-electron chi connectivity index (χ1n) is 7.43. The fraction of sp³-hybridized carbons (Fsp3) is 0.500. The summed E-state index contributed by atoms with van der Waals surface area (Å²) in [4.78, 5) is 6.52. The molecule has 1 N–H and O–H groups in total. The summed E-state index contributed by atoms with van der Waals surface area (Å²) in [5.41, 5.74) is 0.951. The first-order valence-corrected chi connectivity index (χ1v) is 8.48. The lowest BCUT2D eigenvalue weighted by Crippen LogP contribution is -2.47. The maximum absolute atomic E-state index is 13.8. The Labute approximate surface area is 135 Å². The fourth-order valence-corrected chi connectivity index (χ4v) is 3.63. The Kier molecular flexibility index (Phi) is 6.08. The molecular weight excluding hydrogens is 299 g/mol. The summed E-state index contributed by atoms with van der Waals surface area (Å²) >= 11 is 2.00. The molecular formula is C16H21FN4S. The molecule has 6 heteroatoms. The van der Waals surface area contributed by atoms with Crippen molar-refractivity contribution in [1.29, 1.82) is 5.26 Å². The van der Waals surface area contributed by atoms with Crippen molar-refractivity contribution in [2.45, 2.75) is 25.1 Å². The molecule has 0 saturated carbocycles. The van der Waals surface area contributed by atoms with Crippen LogP contribution in [0.1, 0.15) is 24.5 Å². The number of thioether (sulfide) groups is 1. The third-order valence-electron chi connectivity index (χ3n) is 3.72. The second kappa shape index (κ2) is 8.04. The van der Waals surface area contributed by atoms with Gasteiger partial charge in [-0.3, -0.25) is 4.99 Å². The lowest BCUT2D eigenvalue weighted by molar-refractivity contribution is 0.407. The molecule has 1 atom stereocenters. The van der Waals surface area contributed by atoms with Gasteiger partial charge < -0.3 is 10.2 Å². The zero-order valence-corrected chi connectivity index (χ0v) is 13.8. The topological polar surface area (TPSA) is 51.4 Å². The molecule has 0 aliphatic carbocycles. The summed E-state index contributed by atoms with van der Waals surface area (Å²) in [5, 5.41) is 12.7. The zero-order valence-electron chi connectivity index (χ0n) is 13.0. The average Bonchev–Trinajstić information content (AvgIpc) is 2.57. The van der Waals surface area contributed by atoms with E-state index in [0.29, 0.717) is 22.9 Å². The zero-order chi connectivity index (χ0) is 15.9. The van der Waals surface area contributed by atoms with E-state index >= 15 is 0 Å². The SMILES string of the molecule is CCC1CN(C(=NC)NCc2cc(C#N)ccc2F)CCS1. The Morgan fingerprint density at radius 3 is 3.09 bits per heavy atom. The number of aliphatic imine (C=N–C) groups is 1. The van der Waals surface area contributed by atoms with Crippen LogP contribution in [-0.2, 0) is 6.54 Å². The molecule has 1 saturated heterocycles. The molecule has 22 heavy (non-hydrogen) atoms. The molecule has 1 aliphatic heterocycles. The van der Waals surface area contributed by atoms with E-state index in [1.54, 1.807) is 13.1 Å². The van der Waals surface area contributed by atoms with E-state index in [0.717, 1.165) is 31.2 Å². The minimum atomic E-state index is -0.303. The predicted octanol–water partition coefficient (Wildman–Crippen LogP) is 2.60. The molecule has 1 aliphatic rings. The van der Waals surface area contributed by atoms with Crippen LogP contribution in [0.25, 0.3) is 0 Å². The van der Waals surface area contributed by atoms with E-state index in [1.807, 2.05) is 17.8 Å². The van der Waals surface area contributed by atoms with Gasteiger partial charge in [-0.15, -0.1) is 0 Å². The molecule has 1 aromatic carbocycles. The highest BCUT2D eigenvalue weighted by atomic mass is 32.2. The maximum Gasteiger partial charge on any atom is 0.193 e. The van der Waals surface area contributed by atoms with E-state index < -0.39 is 0 Å². The Morgan fingerprint density at radius 1 is 1.59 bits per heavy atom. The second-order valence-corrected chi connectivity index (χ2v) is 6.57. The fourth-order valence-electron chi connectivity index (χ4n) is 2.45. The van der Waals surface area contributed by atoms with Crippen LogP contribution < -0.4 is 5.32 Å². The lowest BCUT2D eigenvalue weighted by atomic mass is 10.1. The number of guanidine groups is 1. The van der Waals surface area contributed by atoms with Gasteiger partial charge in [-0.25, -0.2) is 4.39 Å². The van der Waals surface area contributed by atoms with E-state index in [2.05, 4.69) is 22.1 Å². The number of halogens is 1. The van der Waals surface area contributed by atoms with Crippen LogP contribution in [0.4, 0.5) is 4.39 Å². The monoisotopic (exact) mass is 320 g/mol. The van der Waals surface area contributed by atoms with Crippen molar-refractivity contribution in [1.82, 2.24) is 10.2 Å². The summed E-state index contributed by atoms with van der Waals surface area (Å²) < 4.78 is 13.8. The number of rotatable bonds is 3. The highest BCUT2D eigenvalue weighted by Crippen LogP contribution is 2.21. The highest BCUT2D eigenvalue weighted by Gasteiger charge is 2.21. The molecule has 1 fully saturated rings. The third-order valence-corrected chi connectivity index (χ3v) is 5.09. The van der Waals surface area contributed by atoms with Crippen LogP contribution in [0.2, 0.25) is 0 Å². The van der Waals surface area contributed by atoms with Crippen LogP contribution in [0.5, 0.6) is 0 Å². The van der Waals surface area contributed by atoms with Gasteiger partial charge >= 0.3 is 0 Å². The van der Waals surface area contributed by atoms with Crippen LogP contribution in [0.3, 0.4) is 0 Å². The normalized spacial score (nSPS) is 18.9. The lowest BCUT2D eigenvalue weighted by Gasteiger charge is -2.34. The van der Waals surface area contributed by atoms with Gasteiger partial charge in [0.15, 0.2) is 5.96 Å². The number of hydrogen-bond acceptors (Lipinski definition) is 3. The Hall–Kier alpha value is -1.74. The van der Waals surface area contributed by atoms with Crippen molar-refractivity contribution in [2.24, 2.45) is 4.99 Å². The average molecular weight is 320 g/mol. The molecule has 0 spiro atoms. The first kappa shape index (κ1) is 16.6. The smallest absolute Gasteiger partial charge is 0.193 e. The van der Waals surface area contributed by atoms with E-state index in [9.17, 15) is 4.39 Å². The summed E-state index contributed by atoms with van der Waals surface area (Å²) in [6.07, 6.45) is 1.14. The van der Waals surface area contributed by atoms with Gasteiger partial charge in [-0.1, -0.05) is 6.92 Å². The molecule has 118 valence electrons. The summed E-state index contributed by atoms with van der Waals surface area (Å²) in [7, 11) is 1.74. The number of nitrogens with zero attached hydrogens (tertiary/aromatic N) is 3. The number of hydrogen-bond donors (Lipinski definition) is 1. The van der Waals surface area contributed by atoms with Gasteiger partial charge in [0.25, 0.3) is 0 Å². The Morgan fingerprint density at radius 2 is 2.41 bits per heavy atom. The molecule has 0 amide bonds. The van der Waals surface area contributed by atoms with Crippen molar-refractivity contribution in [3.05, 3.63) is 35.1 Å². The molecule has 0 bridgehead atoms. The minimum Gasteiger partial charge on any atom is -0.352 e. The number of nitriles is 1. The standard InChI is InChI=1S/C16H21FN4S/c1-3-14-11-21(6-7-22-14)16(19-2)20-10-13-8-12(9-18)4-5-15(13)17/h4-5,8,14H,3,6-7,10-11H2,1-2H3,(H,19,20). The Bertz CT molecular complexity index is 582. The quantitative estimate of drug-likeness (QED) is 0.687. The van der Waals surface area contributed by atoms with E-state index in [4.69, 9.17) is 5.26 Å². The van der Waals surface area contributed by atoms with Gasteiger partial charge in [-0.2, -0.15) is 17.0 Å². The van der Waals surface area contributed by atoms with E-state index in [1.165, 1.54) is 12.1 Å². The van der Waals surface area contributed by atoms with Gasteiger partial charge in [0.1, 0.15) is 5.82 Å². The van der Waals surface area contributed by atoms with E-state index in [-0.39, 0.29) is 5.82 Å². The Balaban J connectivity index is 2.01. The van der Waals surface area contributed by atoms with Gasteiger partial charge in [0.2, 0.25) is 0 Å². The largest absolute Gasteiger partial charge is 0.352 e. The van der Waals surface area contributed by atoms with Crippen LogP contribution >= 0.6 is 11.8 Å². The maximum atomic E-state index is 13.8. The molecule has 4 nitrogen and oxygen atoms in total. The van der Waals surface area contributed by atoms with Crippen LogP contribution in [0, 0.1) is 17.1 Å². The van der Waals surface area contributed by atoms with Crippen LogP contribution in [-0.4, -0.2) is 42.0 Å². The molecule has 0 aromatic heterocycles. The molecule has 1 aromatic rings. The second-order valence-electron chi connectivity index (χ2n) is 5.17. The summed E-state index contributed by atoms with van der Waals surface area (Å²) in [5.74, 6) is 1.57. The van der Waals surface area contributed by atoms with Crippen molar-refractivity contribution in [3.8, 4) is 6.07 Å². The number of nitrogens with one attached hydrogen (secondary N) is 1. The number of benzene rings is 1. The van der Waals surface area contributed by atoms with Crippen molar-refractivity contribution >= 4 is 17.7 Å². The highest BCUT2D eigenvalue weighted by molar-refractivity contribution is 8.00. The van der Waals surface area contributed by atoms with Gasteiger partial charge in [0.05, 0.1) is 11.6 Å².